The Balaban J connectivity index is 1.86. The minimum absolute atomic E-state index is 0.173. The molecule has 0 aromatic heterocycles. The number of hydrogen-bond donors (Lipinski definition) is 1. The molecule has 1 aliphatic heterocycles. The van der Waals surface area contributed by atoms with Crippen LogP contribution in [0.4, 0.5) is 10.1 Å². The van der Waals surface area contributed by atoms with Gasteiger partial charge in [0, 0.05) is 18.3 Å². The quantitative estimate of drug-likeness (QED) is 0.921. The summed E-state index contributed by atoms with van der Waals surface area (Å²) < 4.78 is 13.1. The number of nitrogens with zero attached hydrogens (tertiary/aromatic N) is 1. The van der Waals surface area contributed by atoms with E-state index < -0.39 is 0 Å². The highest BCUT2D eigenvalue weighted by Gasteiger charge is 2.21. The Morgan fingerprint density at radius 3 is 2.50 bits per heavy atom. The van der Waals surface area contributed by atoms with Gasteiger partial charge in [-0.3, -0.25) is 0 Å². The predicted molar refractivity (Wildman–Crippen MR) is 89.7 cm³/mol. The molecule has 1 fully saturated rings. The number of benzene rings is 2. The van der Waals surface area contributed by atoms with Gasteiger partial charge >= 0.3 is 0 Å². The smallest absolute Gasteiger partial charge is 0.123 e. The van der Waals surface area contributed by atoms with Crippen LogP contribution < -0.4 is 10.2 Å². The summed E-state index contributed by atoms with van der Waals surface area (Å²) in [5.41, 5.74) is 3.69. The first-order valence-corrected chi connectivity index (χ1v) is 8.01. The molecule has 1 heterocycles. The van der Waals surface area contributed by atoms with Crippen molar-refractivity contribution in [2.45, 2.75) is 32.4 Å². The fourth-order valence-electron chi connectivity index (χ4n) is 3.14. The van der Waals surface area contributed by atoms with E-state index in [1.165, 1.54) is 11.3 Å². The molecule has 0 saturated carbocycles. The van der Waals surface area contributed by atoms with Gasteiger partial charge in [-0.05, 0) is 68.2 Å². The van der Waals surface area contributed by atoms with E-state index in [9.17, 15) is 4.39 Å². The van der Waals surface area contributed by atoms with Gasteiger partial charge in [-0.1, -0.05) is 24.3 Å². The molecule has 1 N–H and O–H groups in total. The topological polar surface area (TPSA) is 15.3 Å². The molecule has 0 atom stereocenters. The van der Waals surface area contributed by atoms with Crippen LogP contribution in [0.5, 0.6) is 0 Å². The molecule has 2 aromatic rings. The number of anilines is 1. The maximum atomic E-state index is 13.1. The van der Waals surface area contributed by atoms with E-state index in [0.29, 0.717) is 6.04 Å². The average molecular weight is 298 g/mol. The lowest BCUT2D eigenvalue weighted by molar-refractivity contribution is 0.428. The van der Waals surface area contributed by atoms with Crippen molar-refractivity contribution in [2.24, 2.45) is 0 Å². The highest BCUT2D eigenvalue weighted by molar-refractivity contribution is 5.50. The molecule has 0 radical (unpaired) electrons. The number of nitrogens with one attached hydrogen (secondary N) is 1. The zero-order chi connectivity index (χ0) is 15.4. The zero-order valence-electron chi connectivity index (χ0n) is 13.1. The van der Waals surface area contributed by atoms with Crippen molar-refractivity contribution in [1.82, 2.24) is 5.32 Å². The van der Waals surface area contributed by atoms with E-state index in [4.69, 9.17) is 0 Å². The molecule has 22 heavy (non-hydrogen) atoms. The van der Waals surface area contributed by atoms with Gasteiger partial charge in [0.25, 0.3) is 0 Å². The molecule has 1 saturated heterocycles. The van der Waals surface area contributed by atoms with Gasteiger partial charge in [0.15, 0.2) is 0 Å². The number of halogens is 1. The lowest BCUT2D eigenvalue weighted by Gasteiger charge is -2.36. The fourth-order valence-corrected chi connectivity index (χ4v) is 3.14. The van der Waals surface area contributed by atoms with Crippen LogP contribution in [0.15, 0.2) is 48.5 Å². The summed E-state index contributed by atoms with van der Waals surface area (Å²) in [5, 5.41) is 3.43. The van der Waals surface area contributed by atoms with E-state index in [1.54, 1.807) is 12.1 Å². The van der Waals surface area contributed by atoms with Crippen LogP contribution in [0.3, 0.4) is 0 Å². The molecule has 0 spiro atoms. The molecule has 1 aliphatic rings. The largest absolute Gasteiger partial charge is 0.364 e. The molecule has 0 bridgehead atoms. The van der Waals surface area contributed by atoms with Crippen LogP contribution in [0.2, 0.25) is 0 Å². The molecule has 0 unspecified atom stereocenters. The molecular formula is C19H23FN2. The summed E-state index contributed by atoms with van der Waals surface area (Å²) in [6.45, 7) is 5.09. The maximum Gasteiger partial charge on any atom is 0.123 e. The van der Waals surface area contributed by atoms with Crippen LogP contribution in [0.1, 0.15) is 24.0 Å². The highest BCUT2D eigenvalue weighted by Crippen LogP contribution is 2.25. The van der Waals surface area contributed by atoms with Gasteiger partial charge < -0.3 is 10.2 Å². The second-order valence-corrected chi connectivity index (χ2v) is 6.07. The average Bonchev–Trinajstić information content (AvgIpc) is 2.55. The Hall–Kier alpha value is -1.87. The molecule has 2 nitrogen and oxygen atoms in total. The molecular weight excluding hydrogens is 275 g/mol. The lowest BCUT2D eigenvalue weighted by Crippen LogP contribution is -2.43. The minimum atomic E-state index is -0.173. The molecule has 3 heteroatoms. The normalized spacial score (nSPS) is 15.7. The molecule has 0 aliphatic carbocycles. The number of hydrogen-bond acceptors (Lipinski definition) is 2. The van der Waals surface area contributed by atoms with Crippen molar-refractivity contribution in [3.05, 3.63) is 65.5 Å². The van der Waals surface area contributed by atoms with Crippen molar-refractivity contribution in [3.8, 4) is 0 Å². The summed E-state index contributed by atoms with van der Waals surface area (Å²) in [5.74, 6) is -0.173. The van der Waals surface area contributed by atoms with Gasteiger partial charge in [0.2, 0.25) is 0 Å². The molecule has 2 aromatic carbocycles. The van der Waals surface area contributed by atoms with Crippen molar-refractivity contribution in [2.75, 3.05) is 18.0 Å². The van der Waals surface area contributed by atoms with Gasteiger partial charge in [-0.2, -0.15) is 0 Å². The third-order valence-electron chi connectivity index (χ3n) is 4.35. The Kier molecular flexibility index (Phi) is 4.74. The summed E-state index contributed by atoms with van der Waals surface area (Å²) in [7, 11) is 0. The van der Waals surface area contributed by atoms with Crippen molar-refractivity contribution in [3.63, 3.8) is 0 Å². The second-order valence-electron chi connectivity index (χ2n) is 6.07. The molecule has 3 rings (SSSR count). The van der Waals surface area contributed by atoms with Crippen LogP contribution >= 0.6 is 0 Å². The Labute approximate surface area is 132 Å². The van der Waals surface area contributed by atoms with E-state index in [0.717, 1.165) is 38.0 Å². The standard InChI is InChI=1S/C19H23FN2/c1-15-3-2-4-19(13-15)22(18-9-11-21-12-10-18)14-16-5-7-17(20)8-6-16/h2-8,13,18,21H,9-12,14H2,1H3. The SMILES string of the molecule is Cc1cccc(N(Cc2ccc(F)cc2)C2CCNCC2)c1. The lowest BCUT2D eigenvalue weighted by atomic mass is 10.0. The Morgan fingerprint density at radius 1 is 1.09 bits per heavy atom. The highest BCUT2D eigenvalue weighted by atomic mass is 19.1. The van der Waals surface area contributed by atoms with E-state index >= 15 is 0 Å². The maximum absolute atomic E-state index is 13.1. The van der Waals surface area contributed by atoms with E-state index in [2.05, 4.69) is 41.4 Å². The predicted octanol–water partition coefficient (Wildman–Crippen LogP) is 3.89. The molecule has 0 amide bonds. The zero-order valence-corrected chi connectivity index (χ0v) is 13.1. The van der Waals surface area contributed by atoms with Crippen molar-refractivity contribution < 1.29 is 4.39 Å². The van der Waals surface area contributed by atoms with Gasteiger partial charge in [-0.15, -0.1) is 0 Å². The first-order valence-electron chi connectivity index (χ1n) is 8.01. The van der Waals surface area contributed by atoms with Crippen LogP contribution in [0.25, 0.3) is 0 Å². The van der Waals surface area contributed by atoms with Crippen LogP contribution in [-0.4, -0.2) is 19.1 Å². The summed E-state index contributed by atoms with van der Waals surface area (Å²) >= 11 is 0. The number of piperidine rings is 1. The fraction of sp³-hybridized carbons (Fsp3) is 0.368. The van der Waals surface area contributed by atoms with Gasteiger partial charge in [0.1, 0.15) is 5.82 Å². The van der Waals surface area contributed by atoms with E-state index in [1.807, 2.05) is 12.1 Å². The van der Waals surface area contributed by atoms with Gasteiger partial charge in [0.05, 0.1) is 0 Å². The number of rotatable bonds is 4. The third kappa shape index (κ3) is 3.66. The monoisotopic (exact) mass is 298 g/mol. The minimum Gasteiger partial charge on any atom is -0.364 e. The van der Waals surface area contributed by atoms with E-state index in [-0.39, 0.29) is 5.82 Å². The van der Waals surface area contributed by atoms with Crippen molar-refractivity contribution in [1.29, 1.82) is 0 Å². The molecule has 116 valence electrons. The first-order chi connectivity index (χ1) is 10.7. The van der Waals surface area contributed by atoms with Crippen molar-refractivity contribution >= 4 is 5.69 Å². The summed E-state index contributed by atoms with van der Waals surface area (Å²) in [6, 6.07) is 16.1. The third-order valence-corrected chi connectivity index (χ3v) is 4.35. The summed E-state index contributed by atoms with van der Waals surface area (Å²) in [6.07, 6.45) is 2.30. The first kappa shape index (κ1) is 15.0. The van der Waals surface area contributed by atoms with Crippen LogP contribution in [0, 0.1) is 12.7 Å². The Morgan fingerprint density at radius 2 is 1.82 bits per heavy atom. The van der Waals surface area contributed by atoms with Crippen LogP contribution in [-0.2, 0) is 6.54 Å². The van der Waals surface area contributed by atoms with Gasteiger partial charge in [-0.25, -0.2) is 4.39 Å². The summed E-state index contributed by atoms with van der Waals surface area (Å²) in [4.78, 5) is 2.47. The Bertz CT molecular complexity index is 603. The number of aryl methyl sites for hydroxylation is 1. The second kappa shape index (κ2) is 6.93.